The summed E-state index contributed by atoms with van der Waals surface area (Å²) in [5.74, 6) is 5.38. The molecule has 0 saturated heterocycles. The Morgan fingerprint density at radius 3 is 1.05 bits per heavy atom. The van der Waals surface area contributed by atoms with Crippen LogP contribution in [0.2, 0.25) is 11.5 Å². The van der Waals surface area contributed by atoms with Crippen LogP contribution in [0.25, 0.3) is 9.75 Å². The summed E-state index contributed by atoms with van der Waals surface area (Å²) in [6.07, 6.45) is 30.9. The fourth-order valence-electron chi connectivity index (χ4n) is 6.67. The van der Waals surface area contributed by atoms with Crippen molar-refractivity contribution in [2.24, 2.45) is 0 Å². The molecule has 2 aromatic heterocycles. The third kappa shape index (κ3) is 9.97. The van der Waals surface area contributed by atoms with Crippen molar-refractivity contribution < 1.29 is 0 Å². The van der Waals surface area contributed by atoms with Crippen LogP contribution in [0.4, 0.5) is 0 Å². The monoisotopic (exact) mass is 760 g/mol. The Labute approximate surface area is 269 Å². The second-order valence-electron chi connectivity index (χ2n) is 12.6. The van der Waals surface area contributed by atoms with Crippen molar-refractivity contribution in [3.8, 4) is 9.75 Å². The molecule has 39 heavy (non-hydrogen) atoms. The zero-order valence-corrected chi connectivity index (χ0v) is 32.5. The van der Waals surface area contributed by atoms with E-state index >= 15 is 0 Å². The van der Waals surface area contributed by atoms with Crippen LogP contribution >= 0.6 is 54.5 Å². The van der Waals surface area contributed by atoms with Gasteiger partial charge in [0.1, 0.15) is 0 Å². The molecule has 0 aromatic carbocycles. The molecule has 1 aliphatic rings. The summed E-state index contributed by atoms with van der Waals surface area (Å²) in [5.41, 5.74) is 3.40. The van der Waals surface area contributed by atoms with E-state index in [0.717, 1.165) is 0 Å². The van der Waals surface area contributed by atoms with Crippen molar-refractivity contribution >= 4 is 76.6 Å². The number of hydrogen-bond acceptors (Lipinski definition) is 2. The van der Waals surface area contributed by atoms with Gasteiger partial charge < -0.3 is 0 Å². The van der Waals surface area contributed by atoms with E-state index in [4.69, 9.17) is 0 Å². The molecule has 0 unspecified atom stereocenters. The first-order valence-corrected chi connectivity index (χ1v) is 26.1. The van der Waals surface area contributed by atoms with E-state index in [1.54, 1.807) is 20.9 Å². The maximum atomic E-state index is 4.03. The average Bonchev–Trinajstić information content (AvgIpc) is 3.49. The minimum Gasteiger partial charge on any atom is -0.0654 e. The molecule has 0 fully saturated rings. The fraction of sp³-hybridized carbons (Fsp3) is 0.765. The molecule has 0 N–H and O–H groups in total. The molecule has 0 spiro atoms. The van der Waals surface area contributed by atoms with Crippen molar-refractivity contribution in [3.05, 3.63) is 18.7 Å². The Morgan fingerprint density at radius 1 is 0.462 bits per heavy atom. The number of thiophene rings is 2. The molecule has 0 bridgehead atoms. The van der Waals surface area contributed by atoms with Gasteiger partial charge in [-0.05, 0) is 0 Å². The number of fused-ring (bicyclic) bond motifs is 3. The minimum absolute atomic E-state index is 1.28. The van der Waals surface area contributed by atoms with Crippen LogP contribution in [0.1, 0.15) is 153 Å². The Balaban J connectivity index is 1.47. The summed E-state index contributed by atoms with van der Waals surface area (Å²) in [7, 11) is 0. The summed E-state index contributed by atoms with van der Waals surface area (Å²) in [6, 6.07) is 0. The van der Waals surface area contributed by atoms with Gasteiger partial charge in [0.2, 0.25) is 0 Å². The van der Waals surface area contributed by atoms with Crippen LogP contribution < -0.4 is 8.79 Å². The van der Waals surface area contributed by atoms with Gasteiger partial charge in [0, 0.05) is 0 Å². The van der Waals surface area contributed by atoms with Gasteiger partial charge in [-0.1, -0.05) is 26.7 Å². The molecule has 0 radical (unpaired) electrons. The van der Waals surface area contributed by atoms with E-state index in [-0.39, 0.29) is 0 Å². The van der Waals surface area contributed by atoms with Gasteiger partial charge in [-0.2, -0.15) is 0 Å². The van der Waals surface area contributed by atoms with E-state index in [1.165, 1.54) is 149 Å². The molecule has 0 aliphatic carbocycles. The minimum atomic E-state index is -2.29. The Hall–Kier alpha value is 0.903. The van der Waals surface area contributed by atoms with Crippen LogP contribution in [0.15, 0.2) is 7.57 Å². The number of rotatable bonds is 22. The van der Waals surface area contributed by atoms with Crippen LogP contribution in [-0.2, 0) is 12.8 Å². The molecule has 3 rings (SSSR count). The third-order valence-electron chi connectivity index (χ3n) is 8.93. The Kier molecular flexibility index (Phi) is 16.4. The van der Waals surface area contributed by atoms with Crippen LogP contribution in [-0.4, -0.2) is 13.3 Å². The second kappa shape index (κ2) is 18.5. The summed E-state index contributed by atoms with van der Waals surface area (Å²) in [4.78, 5) is 3.29. The van der Waals surface area contributed by atoms with Gasteiger partial charge in [0.15, 0.2) is 0 Å². The number of halogens is 2. The standard InChI is InChI=1S/C34H56Br2GeS2/c1-5-7-9-11-13-15-17-19-21-23-25-27-29-31(38-33(27)35)32-30(37(29,3)4)28(34(36)39-32)26-24-22-20-18-16-14-12-10-8-6-2/h5-26H2,1-4H3. The second-order valence-corrected chi connectivity index (χ2v) is 26.2. The molecular weight excluding hydrogens is 705 g/mol. The average molecular weight is 761 g/mol. The van der Waals surface area contributed by atoms with Crippen molar-refractivity contribution in [1.29, 1.82) is 0 Å². The van der Waals surface area contributed by atoms with Gasteiger partial charge in [-0.3, -0.25) is 0 Å². The van der Waals surface area contributed by atoms with Crippen molar-refractivity contribution in [3.63, 3.8) is 0 Å². The molecule has 1 aliphatic heterocycles. The third-order valence-corrected chi connectivity index (χ3v) is 21.4. The molecule has 0 atom stereocenters. The van der Waals surface area contributed by atoms with Crippen LogP contribution in [0, 0.1) is 0 Å². The van der Waals surface area contributed by atoms with Gasteiger partial charge in [0.25, 0.3) is 0 Å². The fourth-order valence-corrected chi connectivity index (χ4v) is 23.0. The zero-order chi connectivity index (χ0) is 28.1. The van der Waals surface area contributed by atoms with Crippen LogP contribution in [0.3, 0.4) is 0 Å². The molecule has 3 heterocycles. The summed E-state index contributed by atoms with van der Waals surface area (Å²) in [6.45, 7) is 4.62. The topological polar surface area (TPSA) is 0 Å². The van der Waals surface area contributed by atoms with Crippen molar-refractivity contribution in [2.45, 2.75) is 167 Å². The SMILES string of the molecule is CCCCCCCCCCCCc1c(Br)sc2[c]1[Ge]([CH3])([CH3])[c]1c-2sc(Br)c1CCCCCCCCCCCC. The Bertz CT molecular complexity index is 898. The predicted molar refractivity (Wildman–Crippen MR) is 191 cm³/mol. The van der Waals surface area contributed by atoms with Gasteiger partial charge in [-0.25, -0.2) is 0 Å². The molecule has 222 valence electrons. The maximum absolute atomic E-state index is 4.03. The Morgan fingerprint density at radius 2 is 0.744 bits per heavy atom. The molecule has 0 nitrogen and oxygen atoms in total. The van der Waals surface area contributed by atoms with E-state index in [2.05, 4.69) is 57.2 Å². The summed E-state index contributed by atoms with van der Waals surface area (Å²) < 4.78 is 6.55. The smallest absolute Gasteiger partial charge is 0.0654 e. The molecular formula is C34H56Br2GeS2. The van der Waals surface area contributed by atoms with E-state index < -0.39 is 13.3 Å². The van der Waals surface area contributed by atoms with Crippen LogP contribution in [0.5, 0.6) is 0 Å². The van der Waals surface area contributed by atoms with Crippen molar-refractivity contribution in [1.82, 2.24) is 0 Å². The van der Waals surface area contributed by atoms with E-state index in [1.807, 2.05) is 31.5 Å². The quantitative estimate of drug-likeness (QED) is 0.0828. The summed E-state index contributed by atoms with van der Waals surface area (Å²) in [5, 5.41) is 0. The molecule has 0 amide bonds. The number of hydrogen-bond donors (Lipinski definition) is 0. The first-order chi connectivity index (χ1) is 18.9. The first-order valence-electron chi connectivity index (χ1n) is 16.6. The van der Waals surface area contributed by atoms with Gasteiger partial charge >= 0.3 is 245 Å². The first kappa shape index (κ1) is 34.4. The molecule has 5 heteroatoms. The van der Waals surface area contributed by atoms with E-state index in [0.29, 0.717) is 0 Å². The molecule has 0 saturated carbocycles. The molecule has 2 aromatic rings. The number of unbranched alkanes of at least 4 members (excludes halogenated alkanes) is 18. The van der Waals surface area contributed by atoms with Gasteiger partial charge in [0.05, 0.1) is 0 Å². The van der Waals surface area contributed by atoms with Gasteiger partial charge in [-0.15, -0.1) is 0 Å². The normalized spacial score (nSPS) is 13.8. The predicted octanol–water partition coefficient (Wildman–Crippen LogP) is 13.1. The van der Waals surface area contributed by atoms with E-state index in [9.17, 15) is 0 Å². The zero-order valence-electron chi connectivity index (χ0n) is 25.6. The van der Waals surface area contributed by atoms with Crippen molar-refractivity contribution in [2.75, 3.05) is 0 Å². The summed E-state index contributed by atoms with van der Waals surface area (Å²) >= 11 is 9.86.